The molecule has 0 aromatic rings. The maximum atomic E-state index is 12.3. The highest BCUT2D eigenvalue weighted by atomic mass is 32.2. The van der Waals surface area contributed by atoms with Gasteiger partial charge in [-0.1, -0.05) is 0 Å². The molecule has 0 aliphatic rings. The Kier molecular flexibility index (Phi) is 6.73. The third-order valence-electron chi connectivity index (χ3n) is 2.56. The fraction of sp³-hybridized carbons (Fsp3) is 0.889. The lowest BCUT2D eigenvalue weighted by Gasteiger charge is -2.18. The first-order valence-corrected chi connectivity index (χ1v) is 7.29. The SMILES string of the molecule is N=S(=O)(CCC(CO)C(F)(F)F)CC[C@H](N)C(=O)O. The Labute approximate surface area is 108 Å². The van der Waals surface area contributed by atoms with Crippen LogP contribution in [0.3, 0.4) is 0 Å². The van der Waals surface area contributed by atoms with Crippen LogP contribution < -0.4 is 5.73 Å². The van der Waals surface area contributed by atoms with E-state index in [2.05, 4.69) is 0 Å². The second-order valence-corrected chi connectivity index (χ2v) is 6.60. The van der Waals surface area contributed by atoms with Crippen molar-refractivity contribution in [3.63, 3.8) is 0 Å². The summed E-state index contributed by atoms with van der Waals surface area (Å²) in [5.41, 5.74) is 5.15. The van der Waals surface area contributed by atoms with Crippen LogP contribution in [0.1, 0.15) is 12.8 Å². The molecule has 0 aliphatic carbocycles. The second-order valence-electron chi connectivity index (χ2n) is 4.16. The first-order chi connectivity index (χ1) is 8.49. The van der Waals surface area contributed by atoms with Crippen LogP contribution in [-0.4, -0.2) is 50.7 Å². The molecule has 0 spiro atoms. The summed E-state index contributed by atoms with van der Waals surface area (Å²) in [6.07, 6.45) is -5.49. The maximum Gasteiger partial charge on any atom is 0.394 e. The van der Waals surface area contributed by atoms with E-state index in [-0.39, 0.29) is 12.2 Å². The fourth-order valence-electron chi connectivity index (χ4n) is 1.23. The van der Waals surface area contributed by atoms with Gasteiger partial charge in [0, 0.05) is 21.2 Å². The zero-order chi connectivity index (χ0) is 15.3. The summed E-state index contributed by atoms with van der Waals surface area (Å²) in [6, 6.07) is -1.29. The Morgan fingerprint density at radius 3 is 2.16 bits per heavy atom. The maximum absolute atomic E-state index is 12.3. The number of hydrogen-bond acceptors (Lipinski definition) is 5. The number of halogens is 3. The van der Waals surface area contributed by atoms with E-state index in [1.165, 1.54) is 0 Å². The molecule has 0 bridgehead atoms. The number of nitrogens with one attached hydrogen (secondary N) is 1. The van der Waals surface area contributed by atoms with Crippen molar-refractivity contribution >= 4 is 15.7 Å². The smallest absolute Gasteiger partial charge is 0.394 e. The predicted molar refractivity (Wildman–Crippen MR) is 62.1 cm³/mol. The van der Waals surface area contributed by atoms with Crippen molar-refractivity contribution in [3.8, 4) is 0 Å². The summed E-state index contributed by atoms with van der Waals surface area (Å²) >= 11 is 0. The van der Waals surface area contributed by atoms with Gasteiger partial charge in [0.15, 0.2) is 0 Å². The topological polar surface area (TPSA) is 124 Å². The van der Waals surface area contributed by atoms with Gasteiger partial charge in [0.2, 0.25) is 0 Å². The molecule has 0 amide bonds. The molecule has 0 aromatic heterocycles. The van der Waals surface area contributed by atoms with Gasteiger partial charge in [-0.2, -0.15) is 13.2 Å². The molecule has 0 aromatic carbocycles. The van der Waals surface area contributed by atoms with Crippen LogP contribution in [0.25, 0.3) is 0 Å². The molecular weight excluding hydrogens is 289 g/mol. The van der Waals surface area contributed by atoms with E-state index in [0.717, 1.165) is 0 Å². The van der Waals surface area contributed by atoms with Crippen molar-refractivity contribution in [1.82, 2.24) is 0 Å². The lowest BCUT2D eigenvalue weighted by molar-refractivity contribution is -0.184. The molecule has 0 heterocycles. The second kappa shape index (κ2) is 7.06. The normalized spacial score (nSPS) is 18.6. The van der Waals surface area contributed by atoms with Gasteiger partial charge in [0.1, 0.15) is 6.04 Å². The summed E-state index contributed by atoms with van der Waals surface area (Å²) in [6.45, 7) is -1.13. The van der Waals surface area contributed by atoms with Gasteiger partial charge in [-0.05, 0) is 12.8 Å². The quantitative estimate of drug-likeness (QED) is 0.516. The molecular formula is C9H17F3N2O4S. The molecule has 2 unspecified atom stereocenters. The van der Waals surface area contributed by atoms with Crippen molar-refractivity contribution in [2.24, 2.45) is 11.7 Å². The Morgan fingerprint density at radius 2 is 1.79 bits per heavy atom. The number of carboxylic acids is 1. The summed E-state index contributed by atoms with van der Waals surface area (Å²) in [7, 11) is -3.33. The minimum Gasteiger partial charge on any atom is -0.480 e. The van der Waals surface area contributed by atoms with Crippen LogP contribution in [0.15, 0.2) is 0 Å². The average Bonchev–Trinajstić information content (AvgIpc) is 2.24. The highest BCUT2D eigenvalue weighted by molar-refractivity contribution is 7.92. The van der Waals surface area contributed by atoms with E-state index in [9.17, 15) is 22.2 Å². The third kappa shape index (κ3) is 7.33. The van der Waals surface area contributed by atoms with Crippen LogP contribution in [0.5, 0.6) is 0 Å². The molecule has 0 radical (unpaired) electrons. The highest BCUT2D eigenvalue weighted by Crippen LogP contribution is 2.28. The summed E-state index contributed by atoms with van der Waals surface area (Å²) in [5, 5.41) is 17.1. The van der Waals surface area contributed by atoms with Gasteiger partial charge in [0.05, 0.1) is 12.5 Å². The first-order valence-electron chi connectivity index (χ1n) is 5.39. The molecule has 0 fully saturated rings. The number of aliphatic hydroxyl groups is 1. The van der Waals surface area contributed by atoms with Gasteiger partial charge in [-0.25, -0.2) is 4.21 Å². The number of aliphatic hydroxyl groups excluding tert-OH is 1. The lowest BCUT2D eigenvalue weighted by atomic mass is 10.1. The van der Waals surface area contributed by atoms with Crippen molar-refractivity contribution in [1.29, 1.82) is 4.78 Å². The number of nitrogens with two attached hydrogens (primary N) is 1. The van der Waals surface area contributed by atoms with Crippen molar-refractivity contribution in [2.75, 3.05) is 18.1 Å². The van der Waals surface area contributed by atoms with Crippen LogP contribution in [0, 0.1) is 10.7 Å². The van der Waals surface area contributed by atoms with Gasteiger partial charge in [0.25, 0.3) is 0 Å². The van der Waals surface area contributed by atoms with Crippen molar-refractivity contribution in [2.45, 2.75) is 25.1 Å². The van der Waals surface area contributed by atoms with Gasteiger partial charge >= 0.3 is 12.1 Å². The number of carbonyl (C=O) groups is 1. The lowest BCUT2D eigenvalue weighted by Crippen LogP contribution is -2.33. The fourth-order valence-corrected chi connectivity index (χ4v) is 2.74. The Bertz CT molecular complexity index is 397. The number of hydrogen-bond donors (Lipinski definition) is 4. The van der Waals surface area contributed by atoms with E-state index >= 15 is 0 Å². The van der Waals surface area contributed by atoms with Crippen LogP contribution in [-0.2, 0) is 14.5 Å². The molecule has 0 saturated carbocycles. The van der Waals surface area contributed by atoms with E-state index in [1.807, 2.05) is 0 Å². The number of aliphatic carboxylic acids is 1. The molecule has 10 heteroatoms. The van der Waals surface area contributed by atoms with Crippen molar-refractivity contribution < 1.29 is 32.4 Å². The summed E-state index contributed by atoms with van der Waals surface area (Å²) < 4.78 is 55.9. The third-order valence-corrected chi connectivity index (χ3v) is 4.35. The van der Waals surface area contributed by atoms with Crippen molar-refractivity contribution in [3.05, 3.63) is 0 Å². The van der Waals surface area contributed by atoms with Crippen LogP contribution >= 0.6 is 0 Å². The molecule has 0 saturated heterocycles. The van der Waals surface area contributed by atoms with E-state index in [4.69, 9.17) is 20.7 Å². The van der Waals surface area contributed by atoms with E-state index in [0.29, 0.717) is 0 Å². The molecule has 5 N–H and O–H groups in total. The Morgan fingerprint density at radius 1 is 1.32 bits per heavy atom. The van der Waals surface area contributed by atoms with Gasteiger partial charge in [-0.3, -0.25) is 9.57 Å². The predicted octanol–water partition coefficient (Wildman–Crippen LogP) is 0.396. The largest absolute Gasteiger partial charge is 0.480 e. The Hall–Kier alpha value is -0.870. The van der Waals surface area contributed by atoms with Gasteiger partial charge in [-0.15, -0.1) is 0 Å². The zero-order valence-corrected chi connectivity index (χ0v) is 10.8. The number of alkyl halides is 3. The monoisotopic (exact) mass is 306 g/mol. The van der Waals surface area contributed by atoms with E-state index in [1.54, 1.807) is 0 Å². The number of carboxylic acid groups (broad SMARTS) is 1. The minimum atomic E-state index is -4.61. The molecule has 19 heavy (non-hydrogen) atoms. The standard InChI is InChI=1S/C9H17F3N2O4S/c10-9(11,12)6(5-15)1-3-19(14,18)4-2-7(13)8(16)17/h6-7,14-15H,1-5,13H2,(H,16,17)/t6?,7-,19?/m0/s1. The van der Waals surface area contributed by atoms with Crippen LogP contribution in [0.4, 0.5) is 13.2 Å². The summed E-state index contributed by atoms with van der Waals surface area (Å²) in [5.74, 6) is -4.27. The minimum absolute atomic E-state index is 0.243. The van der Waals surface area contributed by atoms with Gasteiger partial charge < -0.3 is 15.9 Å². The molecule has 6 nitrogen and oxygen atoms in total. The summed E-state index contributed by atoms with van der Waals surface area (Å²) in [4.78, 5) is 10.4. The Balaban J connectivity index is 4.35. The number of rotatable bonds is 8. The highest BCUT2D eigenvalue weighted by Gasteiger charge is 2.39. The molecule has 0 rings (SSSR count). The van der Waals surface area contributed by atoms with Crippen LogP contribution in [0.2, 0.25) is 0 Å². The first kappa shape index (κ1) is 18.1. The zero-order valence-electron chi connectivity index (χ0n) is 10.0. The van der Waals surface area contributed by atoms with E-state index < -0.39 is 52.6 Å². The molecule has 0 aliphatic heterocycles. The molecule has 114 valence electrons. The molecule has 3 atom stereocenters. The average molecular weight is 306 g/mol.